The number of hydrogen-bond acceptors (Lipinski definition) is 4. The summed E-state index contributed by atoms with van der Waals surface area (Å²) in [5.41, 5.74) is 0.614. The van der Waals surface area contributed by atoms with Crippen LogP contribution in [0.3, 0.4) is 0 Å². The molecule has 19 heavy (non-hydrogen) atoms. The standard InChI is InChI=1S/C13H14N2O4/c16-13(14-8-1-2-9-19-14)7-6-11-4-3-5-12(10-11)15(17)18/h3-7,10H,1-2,8-9H2/b7-6+. The normalized spacial score (nSPS) is 15.7. The van der Waals surface area contributed by atoms with Crippen molar-refractivity contribution in [2.24, 2.45) is 0 Å². The molecule has 1 amide bonds. The van der Waals surface area contributed by atoms with E-state index >= 15 is 0 Å². The minimum absolute atomic E-state index is 0.00354. The van der Waals surface area contributed by atoms with Gasteiger partial charge in [0.15, 0.2) is 0 Å². The molecule has 0 radical (unpaired) electrons. The van der Waals surface area contributed by atoms with Crippen LogP contribution in [0.15, 0.2) is 30.3 Å². The van der Waals surface area contributed by atoms with Gasteiger partial charge in [-0.3, -0.25) is 19.7 Å². The number of amides is 1. The van der Waals surface area contributed by atoms with E-state index in [1.165, 1.54) is 23.3 Å². The van der Waals surface area contributed by atoms with Crippen molar-refractivity contribution in [1.82, 2.24) is 5.06 Å². The zero-order valence-corrected chi connectivity index (χ0v) is 10.3. The predicted molar refractivity (Wildman–Crippen MR) is 69.0 cm³/mol. The first-order valence-corrected chi connectivity index (χ1v) is 6.04. The van der Waals surface area contributed by atoms with E-state index in [0.717, 1.165) is 12.8 Å². The molecule has 0 spiro atoms. The van der Waals surface area contributed by atoms with E-state index in [-0.39, 0.29) is 11.6 Å². The number of hydroxylamine groups is 2. The van der Waals surface area contributed by atoms with Gasteiger partial charge in [0.05, 0.1) is 11.5 Å². The molecule has 2 rings (SSSR count). The zero-order chi connectivity index (χ0) is 13.7. The summed E-state index contributed by atoms with van der Waals surface area (Å²) in [4.78, 5) is 27.1. The van der Waals surface area contributed by atoms with Crippen molar-refractivity contribution >= 4 is 17.7 Å². The van der Waals surface area contributed by atoms with Gasteiger partial charge >= 0.3 is 0 Å². The summed E-state index contributed by atoms with van der Waals surface area (Å²) in [5, 5.41) is 11.9. The van der Waals surface area contributed by atoms with Crippen LogP contribution in [0.1, 0.15) is 18.4 Å². The van der Waals surface area contributed by atoms with Crippen molar-refractivity contribution in [2.45, 2.75) is 12.8 Å². The van der Waals surface area contributed by atoms with Crippen LogP contribution in [0.2, 0.25) is 0 Å². The lowest BCUT2D eigenvalue weighted by molar-refractivity contribution is -0.384. The molecule has 0 unspecified atom stereocenters. The van der Waals surface area contributed by atoms with Gasteiger partial charge in [0, 0.05) is 24.8 Å². The maximum Gasteiger partial charge on any atom is 0.270 e. The maximum absolute atomic E-state index is 11.8. The van der Waals surface area contributed by atoms with E-state index in [1.807, 2.05) is 0 Å². The summed E-state index contributed by atoms with van der Waals surface area (Å²) in [6.45, 7) is 1.13. The monoisotopic (exact) mass is 262 g/mol. The molecule has 0 atom stereocenters. The zero-order valence-electron chi connectivity index (χ0n) is 10.3. The van der Waals surface area contributed by atoms with Crippen molar-refractivity contribution in [1.29, 1.82) is 0 Å². The van der Waals surface area contributed by atoms with Gasteiger partial charge in [0.2, 0.25) is 0 Å². The van der Waals surface area contributed by atoms with Crippen LogP contribution in [0.5, 0.6) is 0 Å². The molecule has 0 N–H and O–H groups in total. The van der Waals surface area contributed by atoms with Gasteiger partial charge in [-0.25, -0.2) is 5.06 Å². The Bertz CT molecular complexity index is 507. The summed E-state index contributed by atoms with van der Waals surface area (Å²) < 4.78 is 0. The highest BCUT2D eigenvalue weighted by Crippen LogP contribution is 2.14. The van der Waals surface area contributed by atoms with Gasteiger partial charge < -0.3 is 0 Å². The molecule has 1 aromatic rings. The fraction of sp³-hybridized carbons (Fsp3) is 0.308. The van der Waals surface area contributed by atoms with E-state index in [2.05, 4.69) is 0 Å². The number of rotatable bonds is 3. The summed E-state index contributed by atoms with van der Waals surface area (Å²) in [7, 11) is 0. The molecule has 0 aliphatic carbocycles. The average molecular weight is 262 g/mol. The average Bonchev–Trinajstić information content (AvgIpc) is 2.46. The maximum atomic E-state index is 11.8. The Morgan fingerprint density at radius 3 is 2.95 bits per heavy atom. The second kappa shape index (κ2) is 6.10. The molecular weight excluding hydrogens is 248 g/mol. The third-order valence-electron chi connectivity index (χ3n) is 2.75. The topological polar surface area (TPSA) is 72.7 Å². The molecule has 1 heterocycles. The Balaban J connectivity index is 2.03. The van der Waals surface area contributed by atoms with Gasteiger partial charge in [0.1, 0.15) is 0 Å². The fourth-order valence-corrected chi connectivity index (χ4v) is 1.76. The molecule has 6 heteroatoms. The number of nitro groups is 1. The third kappa shape index (κ3) is 3.62. The molecule has 1 aliphatic rings. The molecular formula is C13H14N2O4. The predicted octanol–water partition coefficient (Wildman–Crippen LogP) is 2.16. The second-order valence-electron chi connectivity index (χ2n) is 4.17. The third-order valence-corrected chi connectivity index (χ3v) is 2.75. The molecule has 1 saturated heterocycles. The Kier molecular flexibility index (Phi) is 4.25. The highest BCUT2D eigenvalue weighted by molar-refractivity contribution is 5.91. The van der Waals surface area contributed by atoms with E-state index < -0.39 is 4.92 Å². The molecule has 0 saturated carbocycles. The summed E-state index contributed by atoms with van der Waals surface area (Å²) in [6.07, 6.45) is 4.80. The lowest BCUT2D eigenvalue weighted by Gasteiger charge is -2.24. The van der Waals surface area contributed by atoms with Crippen molar-refractivity contribution in [3.8, 4) is 0 Å². The Labute approximate surface area is 110 Å². The largest absolute Gasteiger partial charge is 0.271 e. The van der Waals surface area contributed by atoms with Crippen molar-refractivity contribution in [3.63, 3.8) is 0 Å². The molecule has 1 aliphatic heterocycles. The van der Waals surface area contributed by atoms with Crippen LogP contribution < -0.4 is 0 Å². The van der Waals surface area contributed by atoms with Crippen LogP contribution in [-0.4, -0.2) is 29.0 Å². The van der Waals surface area contributed by atoms with Crippen LogP contribution >= 0.6 is 0 Å². The molecule has 6 nitrogen and oxygen atoms in total. The number of nitro benzene ring substituents is 1. The van der Waals surface area contributed by atoms with E-state index in [9.17, 15) is 14.9 Å². The van der Waals surface area contributed by atoms with Gasteiger partial charge in [-0.05, 0) is 24.5 Å². The molecule has 0 bridgehead atoms. The van der Waals surface area contributed by atoms with Crippen molar-refractivity contribution in [3.05, 3.63) is 46.0 Å². The minimum atomic E-state index is -0.465. The number of hydrogen-bond donors (Lipinski definition) is 0. The summed E-state index contributed by atoms with van der Waals surface area (Å²) in [5.74, 6) is -0.244. The number of non-ortho nitro benzene ring substituents is 1. The van der Waals surface area contributed by atoms with E-state index in [1.54, 1.807) is 18.2 Å². The highest BCUT2D eigenvalue weighted by Gasteiger charge is 2.14. The number of carbonyl (C=O) groups is 1. The van der Waals surface area contributed by atoms with Crippen molar-refractivity contribution < 1.29 is 14.6 Å². The Morgan fingerprint density at radius 2 is 2.26 bits per heavy atom. The quantitative estimate of drug-likeness (QED) is 0.475. The summed E-state index contributed by atoms with van der Waals surface area (Å²) >= 11 is 0. The van der Waals surface area contributed by atoms with Gasteiger partial charge in [-0.1, -0.05) is 12.1 Å². The van der Waals surface area contributed by atoms with E-state index in [4.69, 9.17) is 4.84 Å². The van der Waals surface area contributed by atoms with Crippen LogP contribution in [0.25, 0.3) is 6.08 Å². The van der Waals surface area contributed by atoms with Gasteiger partial charge in [0.25, 0.3) is 11.6 Å². The minimum Gasteiger partial charge on any atom is -0.271 e. The lowest BCUT2D eigenvalue weighted by atomic mass is 10.2. The molecule has 0 aromatic heterocycles. The van der Waals surface area contributed by atoms with Crippen LogP contribution in [0, 0.1) is 10.1 Å². The SMILES string of the molecule is O=C(/C=C/c1cccc([N+](=O)[O-])c1)N1CCCCO1. The van der Waals surface area contributed by atoms with Gasteiger partial charge in [-0.15, -0.1) is 0 Å². The fourth-order valence-electron chi connectivity index (χ4n) is 1.76. The Morgan fingerprint density at radius 1 is 1.42 bits per heavy atom. The highest BCUT2D eigenvalue weighted by atomic mass is 16.7. The number of carbonyl (C=O) groups excluding carboxylic acids is 1. The summed E-state index contributed by atoms with van der Waals surface area (Å²) in [6, 6.07) is 6.11. The first kappa shape index (κ1) is 13.2. The Hall–Kier alpha value is -2.21. The molecule has 1 fully saturated rings. The van der Waals surface area contributed by atoms with Crippen LogP contribution in [0.4, 0.5) is 5.69 Å². The first-order valence-electron chi connectivity index (χ1n) is 6.04. The van der Waals surface area contributed by atoms with Crippen LogP contribution in [-0.2, 0) is 9.63 Å². The number of nitrogens with zero attached hydrogens (tertiary/aromatic N) is 2. The molecule has 1 aromatic carbocycles. The second-order valence-corrected chi connectivity index (χ2v) is 4.17. The van der Waals surface area contributed by atoms with Crippen molar-refractivity contribution in [2.75, 3.05) is 13.2 Å². The first-order chi connectivity index (χ1) is 9.16. The lowest BCUT2D eigenvalue weighted by Crippen LogP contribution is -2.34. The van der Waals surface area contributed by atoms with E-state index in [0.29, 0.717) is 18.7 Å². The smallest absolute Gasteiger partial charge is 0.270 e. The number of benzene rings is 1. The molecule has 100 valence electrons. The van der Waals surface area contributed by atoms with Gasteiger partial charge in [-0.2, -0.15) is 0 Å².